The number of amides is 1. The molecular formula is C23H31N5O2S. The molecule has 31 heavy (non-hydrogen) atoms. The topological polar surface area (TPSA) is 92.8 Å². The molecule has 3 rings (SSSR count). The fraction of sp³-hybridized carbons (Fsp3) is 0.565. The summed E-state index contributed by atoms with van der Waals surface area (Å²) in [6, 6.07) is 9.60. The highest BCUT2D eigenvalue weighted by Gasteiger charge is 2.26. The van der Waals surface area contributed by atoms with Crippen molar-refractivity contribution in [2.75, 3.05) is 12.8 Å². The number of para-hydroxylation sites is 1. The van der Waals surface area contributed by atoms with Gasteiger partial charge in [0.05, 0.1) is 5.56 Å². The molecule has 0 radical (unpaired) electrons. The van der Waals surface area contributed by atoms with Crippen LogP contribution in [0, 0.1) is 17.2 Å². The molecular weight excluding hydrogens is 410 g/mol. The molecule has 2 aromatic rings. The van der Waals surface area contributed by atoms with Crippen molar-refractivity contribution in [1.29, 1.82) is 5.26 Å². The van der Waals surface area contributed by atoms with Crippen LogP contribution in [0.3, 0.4) is 0 Å². The largest absolute Gasteiger partial charge is 0.479 e. The number of ether oxygens (including phenoxy) is 1. The number of hydrogen-bond donors (Lipinski definition) is 1. The molecule has 1 aromatic carbocycles. The Morgan fingerprint density at radius 3 is 2.74 bits per heavy atom. The summed E-state index contributed by atoms with van der Waals surface area (Å²) in [6.07, 6.45) is 7.84. The normalized spacial score (nSPS) is 15.1. The van der Waals surface area contributed by atoms with Crippen LogP contribution in [0.5, 0.6) is 5.75 Å². The van der Waals surface area contributed by atoms with Gasteiger partial charge in [-0.2, -0.15) is 5.26 Å². The van der Waals surface area contributed by atoms with Crippen molar-refractivity contribution >= 4 is 17.7 Å². The molecule has 0 saturated heterocycles. The smallest absolute Gasteiger partial charge is 0.261 e. The second-order valence-electron chi connectivity index (χ2n) is 8.20. The van der Waals surface area contributed by atoms with Crippen LogP contribution in [0.25, 0.3) is 0 Å². The highest BCUT2D eigenvalue weighted by Crippen LogP contribution is 2.33. The maximum absolute atomic E-state index is 12.8. The summed E-state index contributed by atoms with van der Waals surface area (Å²) in [6.45, 7) is 4.41. The summed E-state index contributed by atoms with van der Waals surface area (Å²) in [4.78, 5) is 12.8. The van der Waals surface area contributed by atoms with Gasteiger partial charge in [0.25, 0.3) is 5.91 Å². The van der Waals surface area contributed by atoms with E-state index in [2.05, 4.69) is 26.2 Å². The molecule has 1 saturated carbocycles. The maximum Gasteiger partial charge on any atom is 0.261 e. The van der Waals surface area contributed by atoms with E-state index in [1.807, 2.05) is 20.1 Å². The monoisotopic (exact) mass is 441 g/mol. The highest BCUT2D eigenvalue weighted by molar-refractivity contribution is 7.98. The highest BCUT2D eigenvalue weighted by atomic mass is 32.2. The molecule has 1 heterocycles. The van der Waals surface area contributed by atoms with E-state index in [1.165, 1.54) is 25.7 Å². The number of rotatable bonds is 10. The summed E-state index contributed by atoms with van der Waals surface area (Å²) in [5.41, 5.74) is 0.428. The van der Waals surface area contributed by atoms with Gasteiger partial charge in [-0.1, -0.05) is 50.6 Å². The van der Waals surface area contributed by atoms with E-state index >= 15 is 0 Å². The number of aromatic nitrogens is 3. The number of benzene rings is 1. The van der Waals surface area contributed by atoms with Crippen molar-refractivity contribution in [2.45, 2.75) is 69.7 Å². The second kappa shape index (κ2) is 11.2. The molecule has 1 fully saturated rings. The van der Waals surface area contributed by atoms with Crippen molar-refractivity contribution in [3.05, 3.63) is 35.7 Å². The predicted molar refractivity (Wildman–Crippen MR) is 121 cm³/mol. The zero-order valence-corrected chi connectivity index (χ0v) is 19.3. The first-order valence-corrected chi connectivity index (χ1v) is 12.2. The van der Waals surface area contributed by atoms with Gasteiger partial charge in [0.1, 0.15) is 17.6 Å². The number of hydrogen-bond acceptors (Lipinski definition) is 6. The standard InChI is InChI=1S/C23H31N5O2S/c1-16(2)21(30-19-12-7-4-9-17(19)15-24)22(29)25-14-8-13-20-26-27-23(31-3)28(20)18-10-5-6-11-18/h4,7,9,12,16,18,21H,5-6,8,10-11,13-14H2,1-3H3,(H,25,29). The minimum atomic E-state index is -0.653. The van der Waals surface area contributed by atoms with E-state index < -0.39 is 6.10 Å². The van der Waals surface area contributed by atoms with E-state index in [-0.39, 0.29) is 11.8 Å². The van der Waals surface area contributed by atoms with Crippen molar-refractivity contribution in [2.24, 2.45) is 5.92 Å². The Kier molecular flexibility index (Phi) is 8.35. The maximum atomic E-state index is 12.8. The molecule has 0 spiro atoms. The molecule has 1 N–H and O–H groups in total. The summed E-state index contributed by atoms with van der Waals surface area (Å²) in [5.74, 6) is 1.25. The molecule has 0 aliphatic heterocycles. The third-order valence-corrected chi connectivity index (χ3v) is 6.25. The lowest BCUT2D eigenvalue weighted by Gasteiger charge is -2.22. The van der Waals surface area contributed by atoms with Gasteiger partial charge in [-0.05, 0) is 43.6 Å². The zero-order chi connectivity index (χ0) is 22.2. The third-order valence-electron chi connectivity index (χ3n) is 5.61. The van der Waals surface area contributed by atoms with Crippen LogP contribution in [0.15, 0.2) is 29.4 Å². The van der Waals surface area contributed by atoms with Crippen LogP contribution in [0.1, 0.15) is 63.4 Å². The van der Waals surface area contributed by atoms with Crippen molar-refractivity contribution in [1.82, 2.24) is 20.1 Å². The van der Waals surface area contributed by atoms with Crippen LogP contribution in [0.4, 0.5) is 0 Å². The van der Waals surface area contributed by atoms with Crippen LogP contribution in [0.2, 0.25) is 0 Å². The van der Waals surface area contributed by atoms with E-state index in [1.54, 1.807) is 36.0 Å². The molecule has 0 bridgehead atoms. The number of nitrogens with one attached hydrogen (secondary N) is 1. The molecule has 1 atom stereocenters. The van der Waals surface area contributed by atoms with E-state index in [4.69, 9.17) is 4.74 Å². The number of thioether (sulfide) groups is 1. The average Bonchev–Trinajstić information content (AvgIpc) is 3.44. The molecule has 1 aromatic heterocycles. The average molecular weight is 442 g/mol. The predicted octanol–water partition coefficient (Wildman–Crippen LogP) is 4.14. The Bertz CT molecular complexity index is 915. The summed E-state index contributed by atoms with van der Waals surface area (Å²) >= 11 is 1.64. The summed E-state index contributed by atoms with van der Waals surface area (Å²) < 4.78 is 8.22. The molecule has 1 unspecified atom stereocenters. The zero-order valence-electron chi connectivity index (χ0n) is 18.5. The number of aryl methyl sites for hydroxylation is 1. The third kappa shape index (κ3) is 5.79. The van der Waals surface area contributed by atoms with Gasteiger partial charge in [-0.3, -0.25) is 4.79 Å². The van der Waals surface area contributed by atoms with E-state index in [0.29, 0.717) is 23.9 Å². The molecule has 8 heteroatoms. The number of nitriles is 1. The van der Waals surface area contributed by atoms with Gasteiger partial charge in [0.15, 0.2) is 11.3 Å². The SMILES string of the molecule is CSc1nnc(CCCNC(=O)C(Oc2ccccc2C#N)C(C)C)n1C1CCCC1. The summed E-state index contributed by atoms with van der Waals surface area (Å²) in [7, 11) is 0. The van der Waals surface area contributed by atoms with Crippen molar-refractivity contribution in [3.8, 4) is 11.8 Å². The fourth-order valence-electron chi connectivity index (χ4n) is 4.00. The molecule has 1 aliphatic carbocycles. The molecule has 1 amide bonds. The first-order valence-electron chi connectivity index (χ1n) is 11.0. The number of nitrogens with zero attached hydrogens (tertiary/aromatic N) is 4. The van der Waals surface area contributed by atoms with Crippen LogP contribution in [-0.4, -0.2) is 39.6 Å². The van der Waals surface area contributed by atoms with Gasteiger partial charge in [-0.15, -0.1) is 10.2 Å². The van der Waals surface area contributed by atoms with Crippen LogP contribution < -0.4 is 10.1 Å². The minimum absolute atomic E-state index is 0.0265. The second-order valence-corrected chi connectivity index (χ2v) is 8.97. The Morgan fingerprint density at radius 2 is 2.06 bits per heavy atom. The quantitative estimate of drug-likeness (QED) is 0.440. The lowest BCUT2D eigenvalue weighted by atomic mass is 10.1. The van der Waals surface area contributed by atoms with Crippen molar-refractivity contribution < 1.29 is 9.53 Å². The Labute approximate surface area is 188 Å². The Hall–Kier alpha value is -2.53. The number of carbonyl (C=O) groups excluding carboxylic acids is 1. The summed E-state index contributed by atoms with van der Waals surface area (Å²) in [5, 5.41) is 22.0. The van der Waals surface area contributed by atoms with Gasteiger partial charge in [0.2, 0.25) is 0 Å². The Morgan fingerprint density at radius 1 is 1.32 bits per heavy atom. The Balaban J connectivity index is 1.55. The molecule has 7 nitrogen and oxygen atoms in total. The molecule has 1 aliphatic rings. The fourth-order valence-corrected chi connectivity index (χ4v) is 4.57. The van der Waals surface area contributed by atoms with E-state index in [0.717, 1.165) is 23.8 Å². The van der Waals surface area contributed by atoms with Gasteiger partial charge < -0.3 is 14.6 Å². The van der Waals surface area contributed by atoms with Gasteiger partial charge in [0, 0.05) is 19.0 Å². The number of carbonyl (C=O) groups is 1. The minimum Gasteiger partial charge on any atom is -0.479 e. The first kappa shape index (κ1) is 23.1. The lowest BCUT2D eigenvalue weighted by molar-refractivity contribution is -0.129. The van der Waals surface area contributed by atoms with Gasteiger partial charge in [-0.25, -0.2) is 0 Å². The van der Waals surface area contributed by atoms with Crippen molar-refractivity contribution in [3.63, 3.8) is 0 Å². The van der Waals surface area contributed by atoms with Crippen LogP contribution >= 0.6 is 11.8 Å². The van der Waals surface area contributed by atoms with Gasteiger partial charge >= 0.3 is 0 Å². The first-order chi connectivity index (χ1) is 15.0. The van der Waals surface area contributed by atoms with E-state index in [9.17, 15) is 10.1 Å². The van der Waals surface area contributed by atoms with Crippen LogP contribution in [-0.2, 0) is 11.2 Å². The molecule has 166 valence electrons. The lowest BCUT2D eigenvalue weighted by Crippen LogP contribution is -2.42.